The zero-order valence-electron chi connectivity index (χ0n) is 12.7. The van der Waals surface area contributed by atoms with Gasteiger partial charge in [0.2, 0.25) is 0 Å². The average Bonchev–Trinajstić information content (AvgIpc) is 2.88. The summed E-state index contributed by atoms with van der Waals surface area (Å²) in [4.78, 5) is 23.4. The van der Waals surface area contributed by atoms with Gasteiger partial charge in [-0.25, -0.2) is 9.78 Å². The zero-order chi connectivity index (χ0) is 16.4. The fraction of sp³-hybridized carbons (Fsp3) is 0.188. The van der Waals surface area contributed by atoms with E-state index in [4.69, 9.17) is 9.15 Å². The summed E-state index contributed by atoms with van der Waals surface area (Å²) in [6, 6.07) is 6.75. The fourth-order valence-corrected chi connectivity index (χ4v) is 2.20. The molecule has 0 spiro atoms. The Labute approximate surface area is 131 Å². The standard InChI is InChI=1S/C16H15N3O4/c1-9-5-14(20)11(16(21)23-9)7-17-10-3-4-12-13(6-10)19-15(18-12)8-22-2/h3-7,20H,8H2,1-2H3,(H,18,19). The number of rotatable bonds is 4. The lowest BCUT2D eigenvalue weighted by molar-refractivity contribution is 0.179. The molecule has 0 radical (unpaired) electrons. The molecule has 0 fully saturated rings. The Hall–Kier alpha value is -2.93. The van der Waals surface area contributed by atoms with Gasteiger partial charge in [-0.15, -0.1) is 0 Å². The van der Waals surface area contributed by atoms with Crippen LogP contribution in [0.2, 0.25) is 0 Å². The number of imidazole rings is 1. The van der Waals surface area contributed by atoms with E-state index in [1.165, 1.54) is 12.3 Å². The van der Waals surface area contributed by atoms with Crippen molar-refractivity contribution in [3.63, 3.8) is 0 Å². The number of fused-ring (bicyclic) bond motifs is 1. The van der Waals surface area contributed by atoms with Gasteiger partial charge in [0, 0.05) is 19.4 Å². The zero-order valence-corrected chi connectivity index (χ0v) is 12.7. The SMILES string of the molecule is COCc1nc2ccc(N=Cc3c(O)cc(C)oc3=O)cc2[nH]1. The van der Waals surface area contributed by atoms with Gasteiger partial charge in [0.1, 0.15) is 29.5 Å². The van der Waals surface area contributed by atoms with Crippen LogP contribution >= 0.6 is 0 Å². The Morgan fingerprint density at radius 3 is 3.00 bits per heavy atom. The van der Waals surface area contributed by atoms with Crippen molar-refractivity contribution in [1.29, 1.82) is 0 Å². The summed E-state index contributed by atoms with van der Waals surface area (Å²) in [6.45, 7) is 1.98. The molecule has 7 nitrogen and oxygen atoms in total. The van der Waals surface area contributed by atoms with E-state index in [0.29, 0.717) is 18.1 Å². The lowest BCUT2D eigenvalue weighted by atomic mass is 10.2. The first-order valence-electron chi connectivity index (χ1n) is 6.92. The summed E-state index contributed by atoms with van der Waals surface area (Å²) in [6.07, 6.45) is 1.29. The van der Waals surface area contributed by atoms with E-state index in [0.717, 1.165) is 16.9 Å². The van der Waals surface area contributed by atoms with Crippen LogP contribution in [0.25, 0.3) is 11.0 Å². The van der Waals surface area contributed by atoms with E-state index in [-0.39, 0.29) is 11.3 Å². The average molecular weight is 313 g/mol. The van der Waals surface area contributed by atoms with E-state index in [1.807, 2.05) is 6.07 Å². The molecule has 2 aromatic heterocycles. The number of aromatic amines is 1. The maximum atomic E-state index is 11.7. The number of aromatic nitrogens is 2. The van der Waals surface area contributed by atoms with Crippen molar-refractivity contribution in [2.45, 2.75) is 13.5 Å². The number of methoxy groups -OCH3 is 1. The summed E-state index contributed by atoms with van der Waals surface area (Å²) in [5, 5.41) is 9.80. The van der Waals surface area contributed by atoms with Crippen LogP contribution in [0.4, 0.5) is 5.69 Å². The Morgan fingerprint density at radius 1 is 1.43 bits per heavy atom. The van der Waals surface area contributed by atoms with Gasteiger partial charge >= 0.3 is 5.63 Å². The Kier molecular flexibility index (Phi) is 3.94. The lowest BCUT2D eigenvalue weighted by Crippen LogP contribution is -2.07. The third-order valence-corrected chi connectivity index (χ3v) is 3.23. The van der Waals surface area contributed by atoms with Crippen molar-refractivity contribution in [3.8, 4) is 5.75 Å². The minimum Gasteiger partial charge on any atom is -0.507 e. The van der Waals surface area contributed by atoms with Crippen LogP contribution in [0.15, 0.2) is 38.5 Å². The topological polar surface area (TPSA) is 101 Å². The van der Waals surface area contributed by atoms with Gasteiger partial charge in [-0.3, -0.25) is 4.99 Å². The number of aliphatic imine (C=N–C) groups is 1. The largest absolute Gasteiger partial charge is 0.507 e. The van der Waals surface area contributed by atoms with Gasteiger partial charge < -0.3 is 19.2 Å². The highest BCUT2D eigenvalue weighted by Crippen LogP contribution is 2.20. The van der Waals surface area contributed by atoms with Gasteiger partial charge in [-0.05, 0) is 25.1 Å². The van der Waals surface area contributed by atoms with Crippen LogP contribution in [-0.2, 0) is 11.3 Å². The molecular weight excluding hydrogens is 298 g/mol. The molecule has 0 bridgehead atoms. The molecule has 7 heteroatoms. The first-order chi connectivity index (χ1) is 11.1. The van der Waals surface area contributed by atoms with Crippen molar-refractivity contribution in [2.24, 2.45) is 4.99 Å². The summed E-state index contributed by atoms with van der Waals surface area (Å²) < 4.78 is 9.97. The number of hydrogen-bond donors (Lipinski definition) is 2. The first kappa shape index (κ1) is 15.0. The summed E-state index contributed by atoms with van der Waals surface area (Å²) in [7, 11) is 1.60. The highest BCUT2D eigenvalue weighted by atomic mass is 16.5. The van der Waals surface area contributed by atoms with E-state index < -0.39 is 5.63 Å². The molecule has 3 aromatic rings. The second-order valence-corrected chi connectivity index (χ2v) is 5.02. The van der Waals surface area contributed by atoms with E-state index >= 15 is 0 Å². The number of benzene rings is 1. The molecule has 3 rings (SSSR count). The monoisotopic (exact) mass is 313 g/mol. The predicted octanol–water partition coefficient (Wildman–Crippen LogP) is 2.43. The highest BCUT2D eigenvalue weighted by Gasteiger charge is 2.07. The molecule has 0 aliphatic rings. The summed E-state index contributed by atoms with van der Waals surface area (Å²) in [5.41, 5.74) is 1.61. The number of ether oxygens (including phenoxy) is 1. The molecule has 0 aliphatic heterocycles. The van der Waals surface area contributed by atoms with Crippen LogP contribution in [0.5, 0.6) is 5.75 Å². The Balaban J connectivity index is 1.93. The van der Waals surface area contributed by atoms with Crippen LogP contribution in [0.3, 0.4) is 0 Å². The number of H-pyrrole nitrogens is 1. The van der Waals surface area contributed by atoms with E-state index in [1.54, 1.807) is 26.2 Å². The maximum absolute atomic E-state index is 11.7. The quantitative estimate of drug-likeness (QED) is 0.720. The smallest absolute Gasteiger partial charge is 0.348 e. The van der Waals surface area contributed by atoms with Crippen molar-refractivity contribution in [3.05, 3.63) is 51.8 Å². The minimum atomic E-state index is -0.628. The lowest BCUT2D eigenvalue weighted by Gasteiger charge is -1.98. The molecule has 1 aromatic carbocycles. The second kappa shape index (κ2) is 6.05. The van der Waals surface area contributed by atoms with Gasteiger partial charge in [0.05, 0.1) is 16.7 Å². The fourth-order valence-electron chi connectivity index (χ4n) is 2.20. The van der Waals surface area contributed by atoms with Crippen molar-refractivity contribution in [2.75, 3.05) is 7.11 Å². The van der Waals surface area contributed by atoms with Crippen molar-refractivity contribution < 1.29 is 14.3 Å². The maximum Gasteiger partial charge on any atom is 0.348 e. The molecule has 0 atom stereocenters. The Bertz CT molecular complexity index is 940. The first-order valence-corrected chi connectivity index (χ1v) is 6.92. The number of aryl methyl sites for hydroxylation is 1. The van der Waals surface area contributed by atoms with Crippen LogP contribution in [0.1, 0.15) is 17.1 Å². The normalized spacial score (nSPS) is 11.6. The van der Waals surface area contributed by atoms with Gasteiger partial charge in [-0.1, -0.05) is 0 Å². The molecule has 2 heterocycles. The molecule has 0 saturated carbocycles. The van der Waals surface area contributed by atoms with Gasteiger partial charge in [-0.2, -0.15) is 0 Å². The van der Waals surface area contributed by atoms with Gasteiger partial charge in [0.15, 0.2) is 0 Å². The molecule has 2 N–H and O–H groups in total. The summed E-state index contributed by atoms with van der Waals surface area (Å²) >= 11 is 0. The molecule has 0 amide bonds. The minimum absolute atomic E-state index is 0.0142. The number of hydrogen-bond acceptors (Lipinski definition) is 6. The van der Waals surface area contributed by atoms with Gasteiger partial charge in [0.25, 0.3) is 0 Å². The number of nitrogens with one attached hydrogen (secondary N) is 1. The van der Waals surface area contributed by atoms with E-state index in [2.05, 4.69) is 15.0 Å². The molecule has 0 aliphatic carbocycles. The third kappa shape index (κ3) is 3.14. The number of nitrogens with zero attached hydrogens (tertiary/aromatic N) is 2. The van der Waals surface area contributed by atoms with Crippen molar-refractivity contribution >= 4 is 22.9 Å². The molecule has 0 saturated heterocycles. The molecule has 118 valence electrons. The molecule has 0 unspecified atom stereocenters. The van der Waals surface area contributed by atoms with E-state index in [9.17, 15) is 9.90 Å². The predicted molar refractivity (Wildman–Crippen MR) is 85.4 cm³/mol. The molecule has 23 heavy (non-hydrogen) atoms. The van der Waals surface area contributed by atoms with Crippen LogP contribution < -0.4 is 5.63 Å². The van der Waals surface area contributed by atoms with Crippen LogP contribution in [-0.4, -0.2) is 28.4 Å². The van der Waals surface area contributed by atoms with Crippen LogP contribution in [0, 0.1) is 6.92 Å². The highest BCUT2D eigenvalue weighted by molar-refractivity contribution is 5.86. The second-order valence-electron chi connectivity index (χ2n) is 5.02. The Morgan fingerprint density at radius 2 is 2.26 bits per heavy atom. The number of aromatic hydroxyl groups is 1. The third-order valence-electron chi connectivity index (χ3n) is 3.23. The summed E-state index contributed by atoms with van der Waals surface area (Å²) in [5.74, 6) is 0.905. The van der Waals surface area contributed by atoms with Crippen molar-refractivity contribution in [1.82, 2.24) is 9.97 Å². The molecular formula is C16H15N3O4.